The molecule has 0 spiro atoms. The van der Waals surface area contributed by atoms with Crippen LogP contribution in [0.25, 0.3) is 0 Å². The second-order valence-corrected chi connectivity index (χ2v) is 3.95. The third-order valence-corrected chi connectivity index (χ3v) is 2.53. The molecular formula is C13H11NO6. The van der Waals surface area contributed by atoms with Gasteiger partial charge in [0.05, 0.1) is 12.7 Å². The van der Waals surface area contributed by atoms with E-state index in [0.717, 1.165) is 11.6 Å². The zero-order valence-corrected chi connectivity index (χ0v) is 10.3. The number of nitrogens with zero attached hydrogens (tertiary/aromatic N) is 1. The van der Waals surface area contributed by atoms with Crippen molar-refractivity contribution >= 4 is 11.9 Å². The average molecular weight is 277 g/mol. The van der Waals surface area contributed by atoms with Crippen molar-refractivity contribution in [1.82, 2.24) is 0 Å². The molecule has 1 heterocycles. The molecule has 0 aliphatic heterocycles. The normalized spacial score (nSPS) is 10.2. The van der Waals surface area contributed by atoms with Gasteiger partial charge in [-0.15, -0.1) is 0 Å². The molecule has 0 saturated carbocycles. The van der Waals surface area contributed by atoms with E-state index in [1.165, 1.54) is 18.2 Å². The van der Waals surface area contributed by atoms with E-state index in [4.69, 9.17) is 14.3 Å². The van der Waals surface area contributed by atoms with E-state index in [1.54, 1.807) is 12.1 Å². The summed E-state index contributed by atoms with van der Waals surface area (Å²) in [6, 6.07) is 8.78. The molecule has 0 saturated heterocycles. The summed E-state index contributed by atoms with van der Waals surface area (Å²) in [5.41, 5.74) is 0.890. The predicted molar refractivity (Wildman–Crippen MR) is 67.5 cm³/mol. The third kappa shape index (κ3) is 3.35. The van der Waals surface area contributed by atoms with Gasteiger partial charge in [-0.25, -0.2) is 4.79 Å². The van der Waals surface area contributed by atoms with Crippen molar-refractivity contribution < 1.29 is 24.0 Å². The maximum Gasteiger partial charge on any atom is 0.433 e. The molecule has 0 atom stereocenters. The van der Waals surface area contributed by atoms with Crippen LogP contribution in [-0.4, -0.2) is 22.6 Å². The topological polar surface area (TPSA) is 103 Å². The molecule has 0 aliphatic carbocycles. The number of carbonyl (C=O) groups excluding carboxylic acids is 1. The van der Waals surface area contributed by atoms with Gasteiger partial charge in [-0.2, -0.15) is 0 Å². The Morgan fingerprint density at radius 3 is 2.55 bits per heavy atom. The number of rotatable bonds is 5. The second kappa shape index (κ2) is 5.87. The van der Waals surface area contributed by atoms with E-state index >= 15 is 0 Å². The van der Waals surface area contributed by atoms with Crippen LogP contribution in [0.1, 0.15) is 16.1 Å². The molecule has 2 aromatic rings. The molecule has 0 bridgehead atoms. The lowest BCUT2D eigenvalue weighted by Crippen LogP contribution is -2.07. The lowest BCUT2D eigenvalue weighted by atomic mass is 10.1. The monoisotopic (exact) mass is 277 g/mol. The highest BCUT2D eigenvalue weighted by Crippen LogP contribution is 2.16. The first-order chi connectivity index (χ1) is 9.56. The highest BCUT2D eigenvalue weighted by atomic mass is 16.7. The minimum Gasteiger partial charge on any atom is -0.508 e. The lowest BCUT2D eigenvalue weighted by molar-refractivity contribution is -0.402. The molecule has 1 aromatic carbocycles. The van der Waals surface area contributed by atoms with E-state index in [2.05, 4.69) is 0 Å². The molecule has 7 heteroatoms. The van der Waals surface area contributed by atoms with Gasteiger partial charge in [0.15, 0.2) is 0 Å². The zero-order valence-electron chi connectivity index (χ0n) is 10.3. The Labute approximate surface area is 113 Å². The van der Waals surface area contributed by atoms with Crippen LogP contribution >= 0.6 is 0 Å². The molecule has 0 fully saturated rings. The average Bonchev–Trinajstić information content (AvgIpc) is 2.91. The fourth-order valence-corrected chi connectivity index (χ4v) is 1.53. The van der Waals surface area contributed by atoms with Crippen LogP contribution in [0.5, 0.6) is 5.75 Å². The molecule has 0 amide bonds. The van der Waals surface area contributed by atoms with Gasteiger partial charge in [-0.3, -0.25) is 10.1 Å². The molecule has 0 aliphatic rings. The molecular weight excluding hydrogens is 266 g/mol. The largest absolute Gasteiger partial charge is 0.508 e. The molecule has 104 valence electrons. The van der Waals surface area contributed by atoms with E-state index < -0.39 is 16.8 Å². The standard InChI is InChI=1S/C13H11NO6/c15-10-3-1-9(2-4-10)7-8-19-13(16)11-5-6-12(20-11)14(17)18/h1-6,15H,7-8H2. The Morgan fingerprint density at radius 1 is 1.25 bits per heavy atom. The summed E-state index contributed by atoms with van der Waals surface area (Å²) in [7, 11) is 0. The number of hydrogen-bond donors (Lipinski definition) is 1. The minimum absolute atomic E-state index is 0.109. The molecule has 1 aromatic heterocycles. The van der Waals surface area contributed by atoms with Crippen LogP contribution in [0.3, 0.4) is 0 Å². The molecule has 2 rings (SSSR count). The smallest absolute Gasteiger partial charge is 0.433 e. The Bertz CT molecular complexity index is 616. The summed E-state index contributed by atoms with van der Waals surface area (Å²) in [6.45, 7) is 0.109. The fraction of sp³-hybridized carbons (Fsp3) is 0.154. The molecule has 0 radical (unpaired) electrons. The maximum absolute atomic E-state index is 11.5. The quantitative estimate of drug-likeness (QED) is 0.511. The molecule has 20 heavy (non-hydrogen) atoms. The predicted octanol–water partition coefficient (Wildman–Crippen LogP) is 2.29. The number of nitro groups is 1. The molecule has 0 unspecified atom stereocenters. The second-order valence-electron chi connectivity index (χ2n) is 3.95. The first-order valence-corrected chi connectivity index (χ1v) is 5.75. The van der Waals surface area contributed by atoms with Crippen molar-refractivity contribution in [3.8, 4) is 5.75 Å². The van der Waals surface area contributed by atoms with Crippen LogP contribution in [0, 0.1) is 10.1 Å². The summed E-state index contributed by atoms with van der Waals surface area (Å²) >= 11 is 0. The highest BCUT2D eigenvalue weighted by molar-refractivity contribution is 5.86. The highest BCUT2D eigenvalue weighted by Gasteiger charge is 2.18. The molecule has 1 N–H and O–H groups in total. The number of aromatic hydroxyl groups is 1. The summed E-state index contributed by atoms with van der Waals surface area (Å²) < 4.78 is 9.66. The van der Waals surface area contributed by atoms with Gasteiger partial charge >= 0.3 is 11.9 Å². The Hall–Kier alpha value is -2.83. The van der Waals surface area contributed by atoms with Crippen molar-refractivity contribution in [2.24, 2.45) is 0 Å². The van der Waals surface area contributed by atoms with Crippen LogP contribution in [-0.2, 0) is 11.2 Å². The van der Waals surface area contributed by atoms with Gasteiger partial charge in [0, 0.05) is 6.42 Å². The first kappa shape index (κ1) is 13.6. The van der Waals surface area contributed by atoms with Crippen molar-refractivity contribution in [3.63, 3.8) is 0 Å². The SMILES string of the molecule is O=C(OCCc1ccc(O)cc1)c1ccc([N+](=O)[O-])o1. The molecule has 7 nitrogen and oxygen atoms in total. The third-order valence-electron chi connectivity index (χ3n) is 2.53. The number of hydrogen-bond acceptors (Lipinski definition) is 6. The number of carbonyl (C=O) groups is 1. The summed E-state index contributed by atoms with van der Waals surface area (Å²) in [5.74, 6) is -1.30. The Balaban J connectivity index is 1.85. The minimum atomic E-state index is -0.753. The number of furan rings is 1. The number of ether oxygens (including phenoxy) is 1. The van der Waals surface area contributed by atoms with Crippen molar-refractivity contribution in [2.45, 2.75) is 6.42 Å². The van der Waals surface area contributed by atoms with Gasteiger partial charge < -0.3 is 14.3 Å². The summed E-state index contributed by atoms with van der Waals surface area (Å²) in [6.07, 6.45) is 0.467. The Morgan fingerprint density at radius 2 is 1.95 bits per heavy atom. The van der Waals surface area contributed by atoms with Crippen molar-refractivity contribution in [2.75, 3.05) is 6.61 Å². The number of esters is 1. The van der Waals surface area contributed by atoms with Crippen molar-refractivity contribution in [3.05, 3.63) is 57.8 Å². The van der Waals surface area contributed by atoms with Gasteiger partial charge in [-0.1, -0.05) is 12.1 Å². The van der Waals surface area contributed by atoms with E-state index in [9.17, 15) is 14.9 Å². The summed E-state index contributed by atoms with van der Waals surface area (Å²) in [4.78, 5) is 21.2. The number of phenolic OH excluding ortho intramolecular Hbond substituents is 1. The fourth-order valence-electron chi connectivity index (χ4n) is 1.53. The van der Waals surface area contributed by atoms with Crippen LogP contribution in [0.15, 0.2) is 40.8 Å². The van der Waals surface area contributed by atoms with E-state index in [-0.39, 0.29) is 18.1 Å². The van der Waals surface area contributed by atoms with E-state index in [1.807, 2.05) is 0 Å². The summed E-state index contributed by atoms with van der Waals surface area (Å²) in [5, 5.41) is 19.5. The first-order valence-electron chi connectivity index (χ1n) is 5.75. The lowest BCUT2D eigenvalue weighted by Gasteiger charge is -2.03. The van der Waals surface area contributed by atoms with Gasteiger partial charge in [0.25, 0.3) is 0 Å². The number of benzene rings is 1. The van der Waals surface area contributed by atoms with Crippen LogP contribution in [0.2, 0.25) is 0 Å². The van der Waals surface area contributed by atoms with Crippen molar-refractivity contribution in [1.29, 1.82) is 0 Å². The maximum atomic E-state index is 11.5. The van der Waals surface area contributed by atoms with Crippen LogP contribution in [0.4, 0.5) is 5.88 Å². The zero-order chi connectivity index (χ0) is 14.5. The van der Waals surface area contributed by atoms with Gasteiger partial charge in [0.1, 0.15) is 10.7 Å². The number of phenols is 1. The van der Waals surface area contributed by atoms with Gasteiger partial charge in [-0.05, 0) is 23.8 Å². The Kier molecular flexibility index (Phi) is 3.99. The van der Waals surface area contributed by atoms with E-state index in [0.29, 0.717) is 6.42 Å². The van der Waals surface area contributed by atoms with Crippen LogP contribution < -0.4 is 0 Å². The van der Waals surface area contributed by atoms with Gasteiger partial charge in [0.2, 0.25) is 5.76 Å².